The van der Waals surface area contributed by atoms with E-state index in [1.807, 2.05) is 0 Å². The summed E-state index contributed by atoms with van der Waals surface area (Å²) in [7, 11) is 0. The number of ketones is 1. The normalized spacial score (nSPS) is 17.0. The van der Waals surface area contributed by atoms with Crippen LogP contribution in [0.3, 0.4) is 0 Å². The van der Waals surface area contributed by atoms with Crippen LogP contribution in [0, 0.1) is 12.8 Å². The summed E-state index contributed by atoms with van der Waals surface area (Å²) in [4.78, 5) is 14.6. The fourth-order valence-electron chi connectivity index (χ4n) is 2.87. The van der Waals surface area contributed by atoms with Crippen LogP contribution in [0.25, 0.3) is 0 Å². The van der Waals surface area contributed by atoms with E-state index in [0.29, 0.717) is 17.5 Å². The smallest absolute Gasteiger partial charge is 0.163 e. The minimum Gasteiger partial charge on any atom is -0.504 e. The Labute approximate surface area is 126 Å². The molecule has 1 aliphatic rings. The summed E-state index contributed by atoms with van der Waals surface area (Å²) in [6.07, 6.45) is 3.82. The van der Waals surface area contributed by atoms with Crippen LogP contribution in [0.1, 0.15) is 48.5 Å². The van der Waals surface area contributed by atoms with E-state index in [2.05, 4.69) is 11.8 Å². The Balaban J connectivity index is 1.84. The Bertz CT molecular complexity index is 505. The summed E-state index contributed by atoms with van der Waals surface area (Å²) in [5.74, 6) is 0.496. The summed E-state index contributed by atoms with van der Waals surface area (Å²) in [5, 5.41) is 19.1. The molecule has 0 atom stereocenters. The quantitative estimate of drug-likeness (QED) is 0.646. The van der Waals surface area contributed by atoms with Gasteiger partial charge in [-0.05, 0) is 63.9 Å². The van der Waals surface area contributed by atoms with Crippen LogP contribution in [0.5, 0.6) is 11.5 Å². The van der Waals surface area contributed by atoms with Gasteiger partial charge in [0, 0.05) is 17.5 Å². The zero-order chi connectivity index (χ0) is 15.4. The van der Waals surface area contributed by atoms with Crippen molar-refractivity contribution in [1.82, 2.24) is 4.90 Å². The molecular weight excluding hydrogens is 266 g/mol. The first-order valence-corrected chi connectivity index (χ1v) is 7.76. The van der Waals surface area contributed by atoms with Gasteiger partial charge < -0.3 is 15.1 Å². The Morgan fingerprint density at radius 3 is 2.62 bits per heavy atom. The fraction of sp³-hybridized carbons (Fsp3) is 0.588. The third-order valence-electron chi connectivity index (χ3n) is 4.46. The number of Topliss-reactive ketones (excluding diaryl/α,β-unsaturated/α-hetero) is 1. The molecule has 1 aliphatic heterocycles. The highest BCUT2D eigenvalue weighted by molar-refractivity contribution is 5.98. The molecule has 116 valence electrons. The maximum absolute atomic E-state index is 12.2. The molecule has 4 heteroatoms. The van der Waals surface area contributed by atoms with Crippen molar-refractivity contribution in [3.8, 4) is 11.5 Å². The summed E-state index contributed by atoms with van der Waals surface area (Å²) in [6.45, 7) is 7.18. The van der Waals surface area contributed by atoms with E-state index in [1.54, 1.807) is 13.0 Å². The number of benzene rings is 1. The van der Waals surface area contributed by atoms with Crippen molar-refractivity contribution in [2.75, 3.05) is 19.6 Å². The minimum absolute atomic E-state index is 0.0353. The van der Waals surface area contributed by atoms with Gasteiger partial charge in [0.1, 0.15) is 0 Å². The summed E-state index contributed by atoms with van der Waals surface area (Å²) in [6, 6.07) is 2.97. The number of rotatable bonds is 5. The molecule has 21 heavy (non-hydrogen) atoms. The van der Waals surface area contributed by atoms with Gasteiger partial charge in [0.15, 0.2) is 17.3 Å². The van der Waals surface area contributed by atoms with Crippen LogP contribution in [-0.2, 0) is 0 Å². The van der Waals surface area contributed by atoms with Crippen LogP contribution in [0.15, 0.2) is 12.1 Å². The first-order valence-electron chi connectivity index (χ1n) is 7.76. The number of piperidine rings is 1. The summed E-state index contributed by atoms with van der Waals surface area (Å²) >= 11 is 0. The molecule has 4 nitrogen and oxygen atoms in total. The highest BCUT2D eigenvalue weighted by Gasteiger charge is 2.17. The van der Waals surface area contributed by atoms with Gasteiger partial charge in [0.25, 0.3) is 0 Å². The van der Waals surface area contributed by atoms with Crippen LogP contribution in [0.4, 0.5) is 0 Å². The molecule has 1 heterocycles. The van der Waals surface area contributed by atoms with Crippen molar-refractivity contribution in [3.63, 3.8) is 0 Å². The number of phenolic OH excluding ortho intramolecular Hbond substituents is 2. The van der Waals surface area contributed by atoms with Crippen molar-refractivity contribution >= 4 is 5.78 Å². The lowest BCUT2D eigenvalue weighted by Crippen LogP contribution is -2.33. The number of aromatic hydroxyl groups is 2. The standard InChI is InChI=1S/C17H25NO3/c1-12-7-10-18(11-8-12)9-3-4-15(19)14-5-6-16(20)17(21)13(14)2/h5-6,12,20-21H,3-4,7-11H2,1-2H3. The SMILES string of the molecule is Cc1c(C(=O)CCCN2CCC(C)CC2)ccc(O)c1O. The molecule has 0 spiro atoms. The number of carbonyl (C=O) groups is 1. The molecule has 0 unspecified atom stereocenters. The minimum atomic E-state index is -0.189. The monoisotopic (exact) mass is 291 g/mol. The Morgan fingerprint density at radius 1 is 1.29 bits per heavy atom. The van der Waals surface area contributed by atoms with Crippen LogP contribution < -0.4 is 0 Å². The van der Waals surface area contributed by atoms with Gasteiger partial charge in [-0.2, -0.15) is 0 Å². The van der Waals surface area contributed by atoms with E-state index < -0.39 is 0 Å². The predicted octanol–water partition coefficient (Wildman–Crippen LogP) is 3.10. The first kappa shape index (κ1) is 15.8. The maximum Gasteiger partial charge on any atom is 0.163 e. The molecule has 0 aliphatic carbocycles. The Morgan fingerprint density at radius 2 is 1.95 bits per heavy atom. The number of hydrogen-bond donors (Lipinski definition) is 2. The van der Waals surface area contributed by atoms with Gasteiger partial charge in [-0.1, -0.05) is 6.92 Å². The third-order valence-corrected chi connectivity index (χ3v) is 4.46. The van der Waals surface area contributed by atoms with E-state index in [9.17, 15) is 15.0 Å². The highest BCUT2D eigenvalue weighted by Crippen LogP contribution is 2.31. The van der Waals surface area contributed by atoms with Crippen LogP contribution >= 0.6 is 0 Å². The molecule has 0 radical (unpaired) electrons. The van der Waals surface area contributed by atoms with Crippen molar-refractivity contribution in [2.45, 2.75) is 39.5 Å². The molecule has 1 saturated heterocycles. The zero-order valence-corrected chi connectivity index (χ0v) is 12.9. The lowest BCUT2D eigenvalue weighted by atomic mass is 9.98. The number of carbonyl (C=O) groups excluding carboxylic acids is 1. The van der Waals surface area contributed by atoms with E-state index in [1.165, 1.54) is 18.9 Å². The zero-order valence-electron chi connectivity index (χ0n) is 12.9. The van der Waals surface area contributed by atoms with Gasteiger partial charge in [-0.3, -0.25) is 4.79 Å². The molecule has 0 saturated carbocycles. The molecule has 1 aromatic rings. The number of nitrogens with zero attached hydrogens (tertiary/aromatic N) is 1. The second-order valence-electron chi connectivity index (χ2n) is 6.16. The highest BCUT2D eigenvalue weighted by atomic mass is 16.3. The summed E-state index contributed by atoms with van der Waals surface area (Å²) in [5.41, 5.74) is 0.976. The van der Waals surface area contributed by atoms with E-state index in [0.717, 1.165) is 32.0 Å². The second kappa shape index (κ2) is 6.94. The molecule has 2 rings (SSSR count). The molecule has 1 aromatic carbocycles. The van der Waals surface area contributed by atoms with Gasteiger partial charge in [0.2, 0.25) is 0 Å². The lowest BCUT2D eigenvalue weighted by Gasteiger charge is -2.30. The number of phenols is 2. The van der Waals surface area contributed by atoms with Gasteiger partial charge in [0.05, 0.1) is 0 Å². The van der Waals surface area contributed by atoms with E-state index in [-0.39, 0.29) is 17.3 Å². The van der Waals surface area contributed by atoms with Gasteiger partial charge in [-0.25, -0.2) is 0 Å². The molecule has 2 N–H and O–H groups in total. The molecule has 0 aromatic heterocycles. The van der Waals surface area contributed by atoms with Gasteiger partial charge in [-0.15, -0.1) is 0 Å². The van der Waals surface area contributed by atoms with E-state index >= 15 is 0 Å². The average molecular weight is 291 g/mol. The predicted molar refractivity (Wildman–Crippen MR) is 82.9 cm³/mol. The van der Waals surface area contributed by atoms with Crippen molar-refractivity contribution in [3.05, 3.63) is 23.3 Å². The molecule has 0 amide bonds. The molecule has 1 fully saturated rings. The average Bonchev–Trinajstić information content (AvgIpc) is 2.47. The summed E-state index contributed by atoms with van der Waals surface area (Å²) < 4.78 is 0. The third kappa shape index (κ3) is 3.97. The van der Waals surface area contributed by atoms with Crippen molar-refractivity contribution in [2.24, 2.45) is 5.92 Å². The topological polar surface area (TPSA) is 60.8 Å². The van der Waals surface area contributed by atoms with Crippen molar-refractivity contribution in [1.29, 1.82) is 0 Å². The Hall–Kier alpha value is -1.55. The lowest BCUT2D eigenvalue weighted by molar-refractivity contribution is 0.0970. The molecule has 0 bridgehead atoms. The number of likely N-dealkylation sites (tertiary alicyclic amines) is 1. The number of hydrogen-bond acceptors (Lipinski definition) is 4. The van der Waals surface area contributed by atoms with Gasteiger partial charge >= 0.3 is 0 Å². The van der Waals surface area contributed by atoms with Crippen LogP contribution in [-0.4, -0.2) is 40.5 Å². The molecular formula is C17H25NO3. The Kier molecular flexibility index (Phi) is 5.23. The van der Waals surface area contributed by atoms with Crippen molar-refractivity contribution < 1.29 is 15.0 Å². The fourth-order valence-corrected chi connectivity index (χ4v) is 2.87. The van der Waals surface area contributed by atoms with Crippen LogP contribution in [0.2, 0.25) is 0 Å². The second-order valence-corrected chi connectivity index (χ2v) is 6.16. The largest absolute Gasteiger partial charge is 0.504 e. The first-order chi connectivity index (χ1) is 9.99. The maximum atomic E-state index is 12.2. The van der Waals surface area contributed by atoms with E-state index in [4.69, 9.17) is 0 Å².